The Morgan fingerprint density at radius 1 is 1.80 bits per heavy atom. The van der Waals surface area contributed by atoms with E-state index in [1.807, 2.05) is 0 Å². The van der Waals surface area contributed by atoms with E-state index in [1.54, 1.807) is 7.11 Å². The molecule has 0 bridgehead atoms. The van der Waals surface area contributed by atoms with Crippen molar-refractivity contribution in [2.45, 2.75) is 12.5 Å². The quantitative estimate of drug-likeness (QED) is 0.654. The molecule has 0 aromatic heterocycles. The molecule has 0 aromatic carbocycles. The van der Waals surface area contributed by atoms with Crippen LogP contribution < -0.4 is 0 Å². The molecule has 1 aliphatic rings. The fourth-order valence-corrected chi connectivity index (χ4v) is 2.02. The number of rotatable bonds is 3. The van der Waals surface area contributed by atoms with Crippen molar-refractivity contribution in [2.75, 3.05) is 25.7 Å². The summed E-state index contributed by atoms with van der Waals surface area (Å²) in [5, 5.41) is 0.914. The van der Waals surface area contributed by atoms with E-state index in [9.17, 15) is 0 Å². The molecule has 0 amide bonds. The van der Waals surface area contributed by atoms with E-state index in [1.165, 1.54) is 0 Å². The molecule has 60 valence electrons. The minimum atomic E-state index is 0.336. The van der Waals surface area contributed by atoms with E-state index in [2.05, 4.69) is 15.9 Å². The third-order valence-electron chi connectivity index (χ3n) is 1.95. The number of ether oxygens (including phenoxy) is 2. The summed E-state index contributed by atoms with van der Waals surface area (Å²) in [5.74, 6) is 0.601. The van der Waals surface area contributed by atoms with Gasteiger partial charge in [0.2, 0.25) is 0 Å². The summed E-state index contributed by atoms with van der Waals surface area (Å²) in [5.41, 5.74) is 0. The molecule has 2 atom stereocenters. The first kappa shape index (κ1) is 8.50. The minimum absolute atomic E-state index is 0.336. The number of hydrogen-bond donors (Lipinski definition) is 0. The first-order chi connectivity index (χ1) is 4.88. The SMILES string of the molecule is CO[C@H](CBr)[C@@H]1CCOC1. The van der Waals surface area contributed by atoms with Crippen LogP contribution in [-0.2, 0) is 9.47 Å². The van der Waals surface area contributed by atoms with Gasteiger partial charge in [-0.2, -0.15) is 0 Å². The second-order valence-corrected chi connectivity index (χ2v) is 3.20. The molecule has 0 aromatic rings. The molecule has 1 saturated heterocycles. The maximum atomic E-state index is 5.26. The molecular weight excluding hydrogens is 196 g/mol. The Labute approximate surface area is 70.0 Å². The Bertz CT molecular complexity index is 87.6. The Kier molecular flexibility index (Phi) is 3.66. The van der Waals surface area contributed by atoms with Crippen molar-refractivity contribution in [3.63, 3.8) is 0 Å². The van der Waals surface area contributed by atoms with Gasteiger partial charge in [0.1, 0.15) is 0 Å². The number of methoxy groups -OCH3 is 1. The number of hydrogen-bond acceptors (Lipinski definition) is 2. The van der Waals surface area contributed by atoms with Crippen molar-refractivity contribution in [3.8, 4) is 0 Å². The summed E-state index contributed by atoms with van der Waals surface area (Å²) < 4.78 is 10.5. The Hall–Kier alpha value is 0.400. The first-order valence-electron chi connectivity index (χ1n) is 3.55. The monoisotopic (exact) mass is 208 g/mol. The molecule has 1 rings (SSSR count). The third kappa shape index (κ3) is 1.94. The van der Waals surface area contributed by atoms with Gasteiger partial charge in [-0.25, -0.2) is 0 Å². The van der Waals surface area contributed by atoms with Gasteiger partial charge in [0.05, 0.1) is 12.7 Å². The van der Waals surface area contributed by atoms with E-state index in [4.69, 9.17) is 9.47 Å². The van der Waals surface area contributed by atoms with Crippen LogP contribution in [0.5, 0.6) is 0 Å². The van der Waals surface area contributed by atoms with Crippen LogP contribution in [0, 0.1) is 5.92 Å². The second kappa shape index (κ2) is 4.31. The second-order valence-electron chi connectivity index (χ2n) is 2.55. The van der Waals surface area contributed by atoms with Gasteiger partial charge in [0.15, 0.2) is 0 Å². The van der Waals surface area contributed by atoms with Crippen molar-refractivity contribution in [1.82, 2.24) is 0 Å². The smallest absolute Gasteiger partial charge is 0.0719 e. The summed E-state index contributed by atoms with van der Waals surface area (Å²) in [4.78, 5) is 0. The lowest BCUT2D eigenvalue weighted by Crippen LogP contribution is -2.24. The highest BCUT2D eigenvalue weighted by atomic mass is 79.9. The normalized spacial score (nSPS) is 28.8. The highest BCUT2D eigenvalue weighted by Crippen LogP contribution is 2.19. The number of alkyl halides is 1. The number of halogens is 1. The standard InChI is InChI=1S/C7H13BrO2/c1-9-7(4-8)6-2-3-10-5-6/h6-7H,2-5H2,1H3/t6-,7-/m1/s1. The maximum Gasteiger partial charge on any atom is 0.0719 e. The molecule has 1 heterocycles. The van der Waals surface area contributed by atoms with E-state index in [-0.39, 0.29) is 0 Å². The molecule has 3 heteroatoms. The van der Waals surface area contributed by atoms with Crippen molar-refractivity contribution in [2.24, 2.45) is 5.92 Å². The van der Waals surface area contributed by atoms with Crippen LogP contribution in [0.1, 0.15) is 6.42 Å². The molecule has 1 fully saturated rings. The van der Waals surface area contributed by atoms with Gasteiger partial charge in [-0.3, -0.25) is 0 Å². The fraction of sp³-hybridized carbons (Fsp3) is 1.00. The van der Waals surface area contributed by atoms with Crippen LogP contribution in [0.3, 0.4) is 0 Å². The highest BCUT2D eigenvalue weighted by Gasteiger charge is 2.24. The van der Waals surface area contributed by atoms with Gasteiger partial charge < -0.3 is 9.47 Å². The zero-order valence-corrected chi connectivity index (χ0v) is 7.76. The molecule has 0 aliphatic carbocycles. The van der Waals surface area contributed by atoms with Crippen LogP contribution in [0.15, 0.2) is 0 Å². The summed E-state index contributed by atoms with van der Waals surface area (Å²) in [7, 11) is 1.75. The lowest BCUT2D eigenvalue weighted by atomic mass is 10.0. The minimum Gasteiger partial charge on any atom is -0.381 e. The third-order valence-corrected chi connectivity index (χ3v) is 2.58. The van der Waals surface area contributed by atoms with Crippen LogP contribution >= 0.6 is 15.9 Å². The van der Waals surface area contributed by atoms with Crippen molar-refractivity contribution < 1.29 is 9.47 Å². The van der Waals surface area contributed by atoms with Gasteiger partial charge >= 0.3 is 0 Å². The predicted molar refractivity (Wildman–Crippen MR) is 43.5 cm³/mol. The summed E-state index contributed by atoms with van der Waals surface area (Å²) in [6, 6.07) is 0. The Morgan fingerprint density at radius 3 is 3.00 bits per heavy atom. The van der Waals surface area contributed by atoms with Gasteiger partial charge in [0.25, 0.3) is 0 Å². The van der Waals surface area contributed by atoms with Crippen molar-refractivity contribution >= 4 is 15.9 Å². The topological polar surface area (TPSA) is 18.5 Å². The van der Waals surface area contributed by atoms with Crippen LogP contribution in [0.2, 0.25) is 0 Å². The average molecular weight is 209 g/mol. The van der Waals surface area contributed by atoms with E-state index in [0.717, 1.165) is 25.0 Å². The van der Waals surface area contributed by atoms with E-state index in [0.29, 0.717) is 12.0 Å². The molecule has 0 radical (unpaired) electrons. The fourth-order valence-electron chi connectivity index (χ4n) is 1.23. The summed E-state index contributed by atoms with van der Waals surface area (Å²) in [6.07, 6.45) is 1.48. The molecule has 1 aliphatic heterocycles. The van der Waals surface area contributed by atoms with Crippen LogP contribution in [0.25, 0.3) is 0 Å². The largest absolute Gasteiger partial charge is 0.381 e. The Balaban J connectivity index is 2.29. The van der Waals surface area contributed by atoms with Crippen LogP contribution in [0.4, 0.5) is 0 Å². The summed E-state index contributed by atoms with van der Waals surface area (Å²) in [6.45, 7) is 1.77. The highest BCUT2D eigenvalue weighted by molar-refractivity contribution is 9.09. The van der Waals surface area contributed by atoms with E-state index >= 15 is 0 Å². The lowest BCUT2D eigenvalue weighted by molar-refractivity contribution is 0.0631. The van der Waals surface area contributed by atoms with Crippen molar-refractivity contribution in [1.29, 1.82) is 0 Å². The maximum absolute atomic E-state index is 5.26. The zero-order chi connectivity index (χ0) is 7.40. The molecule has 0 spiro atoms. The molecule has 0 saturated carbocycles. The summed E-state index contributed by atoms with van der Waals surface area (Å²) >= 11 is 3.41. The molecule has 2 nitrogen and oxygen atoms in total. The van der Waals surface area contributed by atoms with Crippen molar-refractivity contribution in [3.05, 3.63) is 0 Å². The van der Waals surface area contributed by atoms with Gasteiger partial charge in [-0.15, -0.1) is 0 Å². The van der Waals surface area contributed by atoms with Crippen LogP contribution in [-0.4, -0.2) is 31.8 Å². The molecular formula is C7H13BrO2. The molecule has 10 heavy (non-hydrogen) atoms. The molecule has 0 unspecified atom stereocenters. The van der Waals surface area contributed by atoms with Gasteiger partial charge in [0, 0.05) is 25.0 Å². The van der Waals surface area contributed by atoms with Gasteiger partial charge in [-0.1, -0.05) is 15.9 Å². The van der Waals surface area contributed by atoms with Gasteiger partial charge in [-0.05, 0) is 6.42 Å². The predicted octanol–water partition coefficient (Wildman–Crippen LogP) is 1.43. The van der Waals surface area contributed by atoms with E-state index < -0.39 is 0 Å². The molecule has 0 N–H and O–H groups in total. The zero-order valence-electron chi connectivity index (χ0n) is 6.18. The lowest BCUT2D eigenvalue weighted by Gasteiger charge is -2.17. The average Bonchev–Trinajstić information content (AvgIpc) is 2.43. The Morgan fingerprint density at radius 2 is 2.60 bits per heavy atom. The first-order valence-corrected chi connectivity index (χ1v) is 4.67.